The number of anilines is 1. The van der Waals surface area contributed by atoms with Crippen molar-refractivity contribution in [2.24, 2.45) is 0 Å². The number of hydrogen-bond acceptors (Lipinski definition) is 5. The van der Waals surface area contributed by atoms with Gasteiger partial charge in [0, 0.05) is 49.7 Å². The van der Waals surface area contributed by atoms with Crippen LogP contribution < -0.4 is 5.32 Å². The van der Waals surface area contributed by atoms with Crippen LogP contribution in [0.2, 0.25) is 5.15 Å². The molecule has 6 heteroatoms. The van der Waals surface area contributed by atoms with Crippen LogP contribution in [0.15, 0.2) is 6.07 Å². The summed E-state index contributed by atoms with van der Waals surface area (Å²) in [5.41, 5.74) is 0. The highest BCUT2D eigenvalue weighted by molar-refractivity contribution is 7.99. The molecule has 1 aliphatic carbocycles. The summed E-state index contributed by atoms with van der Waals surface area (Å²) in [7, 11) is 0. The van der Waals surface area contributed by atoms with E-state index in [0.29, 0.717) is 11.1 Å². The van der Waals surface area contributed by atoms with Crippen LogP contribution in [0.4, 0.5) is 5.82 Å². The highest BCUT2D eigenvalue weighted by atomic mass is 35.5. The summed E-state index contributed by atoms with van der Waals surface area (Å²) in [6.07, 6.45) is 2.40. The standard InChI is InChI=1S/C13H19ClN4S/c14-11-9-12(17-13(16-11)10-1-2-10)15-3-4-18-5-7-19-8-6-18/h9-10H,1-8H2,(H,15,16,17). The molecule has 0 atom stereocenters. The first-order valence-electron chi connectivity index (χ1n) is 6.90. The van der Waals surface area contributed by atoms with Crippen LogP contribution in [-0.4, -0.2) is 52.6 Å². The molecule has 1 aromatic rings. The van der Waals surface area contributed by atoms with Gasteiger partial charge in [0.15, 0.2) is 0 Å². The Kier molecular flexibility index (Phi) is 4.45. The van der Waals surface area contributed by atoms with E-state index in [0.717, 1.165) is 24.7 Å². The quantitative estimate of drug-likeness (QED) is 0.846. The second-order valence-electron chi connectivity index (χ2n) is 5.09. The van der Waals surface area contributed by atoms with E-state index in [2.05, 4.69) is 20.2 Å². The number of nitrogens with zero attached hydrogens (tertiary/aromatic N) is 3. The second-order valence-corrected chi connectivity index (χ2v) is 6.70. The molecule has 1 aromatic heterocycles. The predicted molar refractivity (Wildman–Crippen MR) is 81.3 cm³/mol. The lowest BCUT2D eigenvalue weighted by molar-refractivity contribution is 0.314. The number of rotatable bonds is 5. The van der Waals surface area contributed by atoms with Gasteiger partial charge in [0.25, 0.3) is 0 Å². The summed E-state index contributed by atoms with van der Waals surface area (Å²) in [5.74, 6) is 4.83. The van der Waals surface area contributed by atoms with E-state index in [1.54, 1.807) is 0 Å². The molecule has 1 saturated carbocycles. The van der Waals surface area contributed by atoms with E-state index in [-0.39, 0.29) is 0 Å². The van der Waals surface area contributed by atoms with Gasteiger partial charge < -0.3 is 5.32 Å². The fraction of sp³-hybridized carbons (Fsp3) is 0.692. The molecule has 0 aromatic carbocycles. The number of aromatic nitrogens is 2. The zero-order valence-electron chi connectivity index (χ0n) is 10.9. The van der Waals surface area contributed by atoms with Crippen LogP contribution in [0.5, 0.6) is 0 Å². The second kappa shape index (κ2) is 6.29. The monoisotopic (exact) mass is 298 g/mol. The maximum Gasteiger partial charge on any atom is 0.135 e. The Morgan fingerprint density at radius 2 is 2.11 bits per heavy atom. The van der Waals surface area contributed by atoms with Crippen molar-refractivity contribution >= 4 is 29.2 Å². The van der Waals surface area contributed by atoms with Crippen LogP contribution in [0.1, 0.15) is 24.6 Å². The molecule has 1 N–H and O–H groups in total. The van der Waals surface area contributed by atoms with E-state index in [1.165, 1.54) is 37.4 Å². The molecule has 0 radical (unpaired) electrons. The average molecular weight is 299 g/mol. The molecule has 0 bridgehead atoms. The minimum Gasteiger partial charge on any atom is -0.369 e. The Bertz CT molecular complexity index is 433. The van der Waals surface area contributed by atoms with Crippen LogP contribution in [0.25, 0.3) is 0 Å². The van der Waals surface area contributed by atoms with Crippen LogP contribution in [0, 0.1) is 0 Å². The van der Waals surface area contributed by atoms with Crippen molar-refractivity contribution in [1.29, 1.82) is 0 Å². The average Bonchev–Trinajstić information content (AvgIpc) is 3.24. The van der Waals surface area contributed by atoms with Gasteiger partial charge in [-0.3, -0.25) is 4.90 Å². The van der Waals surface area contributed by atoms with Gasteiger partial charge in [0.1, 0.15) is 16.8 Å². The van der Waals surface area contributed by atoms with Crippen molar-refractivity contribution in [3.63, 3.8) is 0 Å². The number of halogens is 1. The molecule has 0 unspecified atom stereocenters. The molecule has 4 nitrogen and oxygen atoms in total. The Balaban J connectivity index is 1.51. The summed E-state index contributed by atoms with van der Waals surface area (Å²) in [6, 6.07) is 1.82. The van der Waals surface area contributed by atoms with Crippen molar-refractivity contribution in [1.82, 2.24) is 14.9 Å². The smallest absolute Gasteiger partial charge is 0.135 e. The van der Waals surface area contributed by atoms with Crippen LogP contribution in [0.3, 0.4) is 0 Å². The van der Waals surface area contributed by atoms with Gasteiger partial charge in [-0.15, -0.1) is 0 Å². The van der Waals surface area contributed by atoms with Gasteiger partial charge in [-0.2, -0.15) is 11.8 Å². The normalized spacial score (nSPS) is 20.5. The predicted octanol–water partition coefficient (Wildman–Crippen LogP) is 2.47. The zero-order valence-corrected chi connectivity index (χ0v) is 12.5. The first kappa shape index (κ1) is 13.5. The Morgan fingerprint density at radius 1 is 1.32 bits per heavy atom. The van der Waals surface area contributed by atoms with Gasteiger partial charge in [0.05, 0.1) is 0 Å². The van der Waals surface area contributed by atoms with Gasteiger partial charge in [-0.25, -0.2) is 9.97 Å². The zero-order chi connectivity index (χ0) is 13.1. The van der Waals surface area contributed by atoms with E-state index >= 15 is 0 Å². The van der Waals surface area contributed by atoms with E-state index < -0.39 is 0 Å². The summed E-state index contributed by atoms with van der Waals surface area (Å²) >= 11 is 8.09. The number of hydrogen-bond donors (Lipinski definition) is 1. The number of thioether (sulfide) groups is 1. The molecule has 1 aliphatic heterocycles. The largest absolute Gasteiger partial charge is 0.369 e. The third-order valence-corrected chi connectivity index (χ3v) is 4.63. The lowest BCUT2D eigenvalue weighted by Gasteiger charge is -2.26. The van der Waals surface area contributed by atoms with E-state index in [9.17, 15) is 0 Å². The molecular formula is C13H19ClN4S. The number of nitrogens with one attached hydrogen (secondary N) is 1. The summed E-state index contributed by atoms with van der Waals surface area (Å²) in [6.45, 7) is 4.39. The fourth-order valence-corrected chi connectivity index (χ4v) is 3.39. The molecule has 2 heterocycles. The first-order valence-corrected chi connectivity index (χ1v) is 8.43. The third kappa shape index (κ3) is 3.97. The van der Waals surface area contributed by atoms with E-state index in [4.69, 9.17) is 11.6 Å². The minimum absolute atomic E-state index is 0.540. The summed E-state index contributed by atoms with van der Waals surface area (Å²) in [4.78, 5) is 11.3. The van der Waals surface area contributed by atoms with Gasteiger partial charge in [-0.1, -0.05) is 11.6 Å². The van der Waals surface area contributed by atoms with Crippen LogP contribution in [-0.2, 0) is 0 Å². The molecule has 2 fully saturated rings. The van der Waals surface area contributed by atoms with Crippen molar-refractivity contribution in [2.45, 2.75) is 18.8 Å². The topological polar surface area (TPSA) is 41.0 Å². The molecule has 2 aliphatic rings. The van der Waals surface area contributed by atoms with Crippen LogP contribution >= 0.6 is 23.4 Å². The Hall–Kier alpha value is -0.520. The minimum atomic E-state index is 0.540. The third-order valence-electron chi connectivity index (χ3n) is 3.49. The maximum atomic E-state index is 6.05. The first-order chi connectivity index (χ1) is 9.31. The molecule has 0 amide bonds. The Morgan fingerprint density at radius 3 is 2.84 bits per heavy atom. The molecular weight excluding hydrogens is 280 g/mol. The van der Waals surface area contributed by atoms with Crippen molar-refractivity contribution in [2.75, 3.05) is 43.0 Å². The fourth-order valence-electron chi connectivity index (χ4n) is 2.22. The molecule has 19 heavy (non-hydrogen) atoms. The SMILES string of the molecule is Clc1cc(NCCN2CCSCC2)nc(C2CC2)n1. The van der Waals surface area contributed by atoms with Gasteiger partial charge in [0.2, 0.25) is 0 Å². The van der Waals surface area contributed by atoms with Crippen molar-refractivity contribution in [3.8, 4) is 0 Å². The maximum absolute atomic E-state index is 6.05. The molecule has 104 valence electrons. The molecule has 0 spiro atoms. The van der Waals surface area contributed by atoms with Crippen molar-refractivity contribution < 1.29 is 0 Å². The molecule has 3 rings (SSSR count). The highest BCUT2D eigenvalue weighted by Gasteiger charge is 2.27. The van der Waals surface area contributed by atoms with Gasteiger partial charge in [-0.05, 0) is 12.8 Å². The highest BCUT2D eigenvalue weighted by Crippen LogP contribution is 2.38. The lowest BCUT2D eigenvalue weighted by atomic mass is 10.4. The van der Waals surface area contributed by atoms with Crippen molar-refractivity contribution in [3.05, 3.63) is 17.0 Å². The lowest BCUT2D eigenvalue weighted by Crippen LogP contribution is -2.36. The summed E-state index contributed by atoms with van der Waals surface area (Å²) < 4.78 is 0. The van der Waals surface area contributed by atoms with E-state index in [1.807, 2.05) is 17.8 Å². The Labute approximate surface area is 123 Å². The van der Waals surface area contributed by atoms with Gasteiger partial charge >= 0.3 is 0 Å². The molecule has 1 saturated heterocycles. The summed E-state index contributed by atoms with van der Waals surface area (Å²) in [5, 5.41) is 3.92.